The molecule has 6 heteroatoms. The van der Waals surface area contributed by atoms with Crippen LogP contribution in [0, 0.1) is 0 Å². The molecule has 0 saturated heterocycles. The van der Waals surface area contributed by atoms with Crippen molar-refractivity contribution < 1.29 is 14.7 Å². The van der Waals surface area contributed by atoms with Gasteiger partial charge in [0, 0.05) is 25.2 Å². The molecular formula is C15H25N3O3. The Balaban J connectivity index is 1.73. The zero-order chi connectivity index (χ0) is 15.4. The second-order valence-corrected chi connectivity index (χ2v) is 5.99. The van der Waals surface area contributed by atoms with Gasteiger partial charge in [0.25, 0.3) is 0 Å². The Morgan fingerprint density at radius 3 is 2.76 bits per heavy atom. The van der Waals surface area contributed by atoms with Gasteiger partial charge in [-0.3, -0.25) is 9.69 Å². The molecule has 2 rings (SSSR count). The van der Waals surface area contributed by atoms with Crippen molar-refractivity contribution in [2.75, 3.05) is 26.2 Å². The molecule has 1 aliphatic heterocycles. The molecule has 0 unspecified atom stereocenters. The Bertz CT molecular complexity index is 430. The molecule has 1 aliphatic carbocycles. The smallest absolute Gasteiger partial charge is 0.317 e. The van der Waals surface area contributed by atoms with Gasteiger partial charge in [0.15, 0.2) is 0 Å². The number of carbonyl (C=O) groups is 2. The van der Waals surface area contributed by atoms with Crippen LogP contribution in [0.25, 0.3) is 0 Å². The van der Waals surface area contributed by atoms with Gasteiger partial charge in [-0.25, -0.2) is 4.79 Å². The van der Waals surface area contributed by atoms with Crippen LogP contribution in [0.3, 0.4) is 0 Å². The van der Waals surface area contributed by atoms with Crippen LogP contribution in [0.1, 0.15) is 33.1 Å². The third-order valence-corrected chi connectivity index (χ3v) is 4.32. The lowest BCUT2D eigenvalue weighted by molar-refractivity contribution is -0.139. The van der Waals surface area contributed by atoms with Crippen molar-refractivity contribution in [3.8, 4) is 0 Å². The maximum absolute atomic E-state index is 12.2. The fourth-order valence-corrected chi connectivity index (χ4v) is 3.03. The predicted octanol–water partition coefficient (Wildman–Crippen LogP) is 1.29. The Labute approximate surface area is 125 Å². The Morgan fingerprint density at radius 2 is 2.19 bits per heavy atom. The minimum Gasteiger partial charge on any atom is -0.480 e. The molecular weight excluding hydrogens is 270 g/mol. The first-order valence-electron chi connectivity index (χ1n) is 7.66. The third kappa shape index (κ3) is 4.20. The van der Waals surface area contributed by atoms with Crippen molar-refractivity contribution in [1.29, 1.82) is 0 Å². The van der Waals surface area contributed by atoms with Crippen molar-refractivity contribution in [3.63, 3.8) is 0 Å². The summed E-state index contributed by atoms with van der Waals surface area (Å²) < 4.78 is 0. The van der Waals surface area contributed by atoms with E-state index < -0.39 is 5.97 Å². The van der Waals surface area contributed by atoms with Gasteiger partial charge in [0.1, 0.15) is 0 Å². The van der Waals surface area contributed by atoms with E-state index in [4.69, 9.17) is 5.11 Å². The zero-order valence-electron chi connectivity index (χ0n) is 12.8. The lowest BCUT2D eigenvalue weighted by Crippen LogP contribution is -2.57. The predicted molar refractivity (Wildman–Crippen MR) is 80.2 cm³/mol. The molecule has 0 aromatic rings. The number of urea groups is 1. The maximum atomic E-state index is 12.2. The van der Waals surface area contributed by atoms with Gasteiger partial charge in [0.2, 0.25) is 0 Å². The largest absolute Gasteiger partial charge is 0.480 e. The van der Waals surface area contributed by atoms with Crippen LogP contribution < -0.4 is 5.32 Å². The molecule has 1 saturated carbocycles. The number of carboxylic acids is 1. The monoisotopic (exact) mass is 295 g/mol. The number of carbonyl (C=O) groups excluding carboxylic acids is 1. The van der Waals surface area contributed by atoms with Gasteiger partial charge >= 0.3 is 12.0 Å². The molecule has 0 spiro atoms. The Kier molecular flexibility index (Phi) is 5.22. The first-order valence-corrected chi connectivity index (χ1v) is 7.66. The third-order valence-electron chi connectivity index (χ3n) is 4.32. The van der Waals surface area contributed by atoms with Crippen molar-refractivity contribution >= 4 is 12.0 Å². The molecule has 118 valence electrons. The number of amides is 2. The highest BCUT2D eigenvalue weighted by Gasteiger charge is 2.35. The first kappa shape index (κ1) is 15.8. The molecule has 6 nitrogen and oxygen atoms in total. The first-order chi connectivity index (χ1) is 9.99. The van der Waals surface area contributed by atoms with Gasteiger partial charge in [-0.1, -0.05) is 18.6 Å². The quantitative estimate of drug-likeness (QED) is 0.750. The van der Waals surface area contributed by atoms with E-state index in [1.807, 2.05) is 23.6 Å². The van der Waals surface area contributed by atoms with Crippen molar-refractivity contribution in [2.45, 2.75) is 45.2 Å². The van der Waals surface area contributed by atoms with E-state index >= 15 is 0 Å². The van der Waals surface area contributed by atoms with Crippen LogP contribution >= 0.6 is 0 Å². The van der Waals surface area contributed by atoms with E-state index in [1.54, 1.807) is 0 Å². The van der Waals surface area contributed by atoms with Crippen molar-refractivity contribution in [3.05, 3.63) is 11.6 Å². The average molecular weight is 295 g/mol. The van der Waals surface area contributed by atoms with Gasteiger partial charge < -0.3 is 15.3 Å². The summed E-state index contributed by atoms with van der Waals surface area (Å²) >= 11 is 0. The standard InChI is InChI=1S/C15H25N3O3/c1-3-17(10-14(19)20)13-7-12(8-13)16-15(21)18-6-4-5-11(2)9-18/h5,12-13H,3-4,6-10H2,1-2H3,(H,16,21)(H,19,20). The van der Waals surface area contributed by atoms with Gasteiger partial charge in [-0.2, -0.15) is 0 Å². The van der Waals surface area contributed by atoms with Crippen LogP contribution in [-0.2, 0) is 4.79 Å². The van der Waals surface area contributed by atoms with E-state index in [0.29, 0.717) is 6.54 Å². The number of hydrogen-bond donors (Lipinski definition) is 2. The van der Waals surface area contributed by atoms with E-state index in [0.717, 1.165) is 32.4 Å². The molecule has 1 heterocycles. The second kappa shape index (κ2) is 6.93. The highest BCUT2D eigenvalue weighted by molar-refractivity contribution is 5.75. The SMILES string of the molecule is CCN(CC(=O)O)C1CC(NC(=O)N2CCC=C(C)C2)C1. The maximum Gasteiger partial charge on any atom is 0.317 e. The van der Waals surface area contributed by atoms with Crippen molar-refractivity contribution in [2.24, 2.45) is 0 Å². The fourth-order valence-electron chi connectivity index (χ4n) is 3.03. The van der Waals surface area contributed by atoms with E-state index in [9.17, 15) is 9.59 Å². The summed E-state index contributed by atoms with van der Waals surface area (Å²) in [7, 11) is 0. The summed E-state index contributed by atoms with van der Waals surface area (Å²) in [6.07, 6.45) is 4.79. The van der Waals surface area contributed by atoms with Crippen molar-refractivity contribution in [1.82, 2.24) is 15.1 Å². The minimum atomic E-state index is -0.792. The summed E-state index contributed by atoms with van der Waals surface area (Å²) in [5, 5.41) is 11.9. The number of nitrogens with one attached hydrogen (secondary N) is 1. The summed E-state index contributed by atoms with van der Waals surface area (Å²) in [6, 6.07) is 0.461. The van der Waals surface area contributed by atoms with Crippen LogP contribution in [0.2, 0.25) is 0 Å². The molecule has 2 N–H and O–H groups in total. The van der Waals surface area contributed by atoms with Crippen LogP contribution in [-0.4, -0.2) is 65.2 Å². The van der Waals surface area contributed by atoms with Gasteiger partial charge in [-0.15, -0.1) is 0 Å². The van der Waals surface area contributed by atoms with Crippen LogP contribution in [0.4, 0.5) is 4.79 Å². The molecule has 0 bridgehead atoms. The number of hydrogen-bond acceptors (Lipinski definition) is 3. The molecule has 1 fully saturated rings. The van der Waals surface area contributed by atoms with Crippen LogP contribution in [0.15, 0.2) is 11.6 Å². The van der Waals surface area contributed by atoms with Gasteiger partial charge in [0.05, 0.1) is 6.54 Å². The van der Waals surface area contributed by atoms with Gasteiger partial charge in [-0.05, 0) is 32.7 Å². The van der Waals surface area contributed by atoms with Crippen LogP contribution in [0.5, 0.6) is 0 Å². The lowest BCUT2D eigenvalue weighted by Gasteiger charge is -2.43. The molecule has 0 atom stereocenters. The highest BCUT2D eigenvalue weighted by Crippen LogP contribution is 2.26. The number of nitrogens with zero attached hydrogens (tertiary/aromatic N) is 2. The number of rotatable bonds is 5. The average Bonchev–Trinajstić information content (AvgIpc) is 2.39. The Hall–Kier alpha value is -1.56. The number of carboxylic acid groups (broad SMARTS) is 1. The fraction of sp³-hybridized carbons (Fsp3) is 0.733. The molecule has 0 aromatic carbocycles. The summed E-state index contributed by atoms with van der Waals surface area (Å²) in [5.41, 5.74) is 1.24. The lowest BCUT2D eigenvalue weighted by atomic mass is 9.85. The topological polar surface area (TPSA) is 72.9 Å². The normalized spacial score (nSPS) is 25.3. The van der Waals surface area contributed by atoms with E-state index in [1.165, 1.54) is 5.57 Å². The molecule has 2 amide bonds. The Morgan fingerprint density at radius 1 is 1.48 bits per heavy atom. The summed E-state index contributed by atoms with van der Waals surface area (Å²) in [5.74, 6) is -0.792. The molecule has 2 aliphatic rings. The highest BCUT2D eigenvalue weighted by atomic mass is 16.4. The number of likely N-dealkylation sites (N-methyl/N-ethyl adjacent to an activating group) is 1. The molecule has 21 heavy (non-hydrogen) atoms. The van der Waals surface area contributed by atoms with E-state index in [2.05, 4.69) is 11.4 Å². The summed E-state index contributed by atoms with van der Waals surface area (Å²) in [6.45, 7) is 6.31. The second-order valence-electron chi connectivity index (χ2n) is 5.99. The zero-order valence-corrected chi connectivity index (χ0v) is 12.8. The molecule has 0 radical (unpaired) electrons. The molecule has 0 aromatic heterocycles. The van der Waals surface area contributed by atoms with E-state index in [-0.39, 0.29) is 24.7 Å². The minimum absolute atomic E-state index is 0.00665. The number of aliphatic carboxylic acids is 1. The summed E-state index contributed by atoms with van der Waals surface area (Å²) in [4.78, 5) is 26.7.